The average molecular weight is 248 g/mol. The fourth-order valence-corrected chi connectivity index (χ4v) is 2.33. The zero-order chi connectivity index (χ0) is 13.9. The molecule has 0 atom stereocenters. The molecule has 1 rings (SSSR count). The van der Waals surface area contributed by atoms with Crippen LogP contribution < -0.4 is 11.5 Å². The van der Waals surface area contributed by atoms with Crippen LogP contribution in [0.15, 0.2) is 12.1 Å². The summed E-state index contributed by atoms with van der Waals surface area (Å²) in [5.41, 5.74) is 14.4. The molecule has 4 nitrogen and oxygen atoms in total. The molecule has 0 saturated heterocycles. The Bertz CT molecular complexity index is 442. The number of amides is 2. The van der Waals surface area contributed by atoms with Crippen molar-refractivity contribution in [2.45, 2.75) is 39.5 Å². The second-order valence-corrected chi connectivity index (χ2v) is 4.44. The van der Waals surface area contributed by atoms with Crippen molar-refractivity contribution in [1.29, 1.82) is 0 Å². The van der Waals surface area contributed by atoms with Gasteiger partial charge in [0.25, 0.3) is 0 Å². The average Bonchev–Trinajstić information content (AvgIpc) is 2.29. The van der Waals surface area contributed by atoms with Crippen LogP contribution in [0.4, 0.5) is 0 Å². The van der Waals surface area contributed by atoms with Crippen molar-refractivity contribution in [2.24, 2.45) is 11.5 Å². The first-order valence-corrected chi connectivity index (χ1v) is 6.13. The summed E-state index contributed by atoms with van der Waals surface area (Å²) in [5, 5.41) is 0. The number of aryl methyl sites for hydroxylation is 3. The number of rotatable bonds is 5. The van der Waals surface area contributed by atoms with Crippen LogP contribution in [0.25, 0.3) is 0 Å². The van der Waals surface area contributed by atoms with Gasteiger partial charge < -0.3 is 11.5 Å². The molecule has 0 heterocycles. The maximum Gasteiger partial charge on any atom is 0.234 e. The number of hydrogen-bond donors (Lipinski definition) is 2. The predicted molar refractivity (Wildman–Crippen MR) is 71.1 cm³/mol. The summed E-state index contributed by atoms with van der Waals surface area (Å²) in [4.78, 5) is 23.0. The summed E-state index contributed by atoms with van der Waals surface area (Å²) in [6.07, 6.45) is 1.47. The normalized spacial score (nSPS) is 10.7. The van der Waals surface area contributed by atoms with Gasteiger partial charge in [0.2, 0.25) is 11.8 Å². The van der Waals surface area contributed by atoms with Crippen molar-refractivity contribution in [1.82, 2.24) is 0 Å². The molecule has 0 aliphatic heterocycles. The summed E-state index contributed by atoms with van der Waals surface area (Å²) in [6.45, 7) is 5.96. The van der Waals surface area contributed by atoms with Gasteiger partial charge in [0, 0.05) is 0 Å². The van der Waals surface area contributed by atoms with Crippen LogP contribution in [-0.2, 0) is 22.4 Å². The molecule has 0 bridgehead atoms. The molecule has 4 N–H and O–H groups in total. The van der Waals surface area contributed by atoms with Crippen LogP contribution in [0.1, 0.15) is 42.0 Å². The molecule has 0 aliphatic rings. The van der Waals surface area contributed by atoms with Crippen molar-refractivity contribution in [3.63, 3.8) is 0 Å². The number of carbonyl (C=O) groups excluding carboxylic acids is 2. The Morgan fingerprint density at radius 3 is 1.72 bits per heavy atom. The van der Waals surface area contributed by atoms with Crippen molar-refractivity contribution in [3.05, 3.63) is 34.4 Å². The third-order valence-corrected chi connectivity index (χ3v) is 3.12. The Labute approximate surface area is 107 Å². The zero-order valence-corrected chi connectivity index (χ0v) is 11.1. The standard InChI is InChI=1S/C14H20N2O2/c1-4-9-6-8(3)7-10(5-2)11(9)12(13(15)17)14(16)18/h6-7,12H,4-5H2,1-3H3,(H2,15,17)(H2,16,18). The van der Waals surface area contributed by atoms with Crippen molar-refractivity contribution in [2.75, 3.05) is 0 Å². The molecular weight excluding hydrogens is 228 g/mol. The van der Waals surface area contributed by atoms with Crippen LogP contribution >= 0.6 is 0 Å². The number of hydrogen-bond acceptors (Lipinski definition) is 2. The first-order valence-electron chi connectivity index (χ1n) is 6.13. The molecule has 2 amide bonds. The maximum absolute atomic E-state index is 11.5. The van der Waals surface area contributed by atoms with E-state index < -0.39 is 17.7 Å². The molecule has 0 aromatic heterocycles. The summed E-state index contributed by atoms with van der Waals surface area (Å²) in [6, 6.07) is 3.96. The van der Waals surface area contributed by atoms with E-state index in [2.05, 4.69) is 0 Å². The van der Waals surface area contributed by atoms with E-state index in [0.29, 0.717) is 5.56 Å². The number of nitrogens with two attached hydrogens (primary N) is 2. The lowest BCUT2D eigenvalue weighted by Crippen LogP contribution is -2.34. The summed E-state index contributed by atoms with van der Waals surface area (Å²) >= 11 is 0. The molecule has 98 valence electrons. The number of benzene rings is 1. The molecule has 0 aliphatic carbocycles. The minimum Gasteiger partial charge on any atom is -0.369 e. The summed E-state index contributed by atoms with van der Waals surface area (Å²) < 4.78 is 0. The Hall–Kier alpha value is -1.84. The largest absolute Gasteiger partial charge is 0.369 e. The highest BCUT2D eigenvalue weighted by Crippen LogP contribution is 2.27. The van der Waals surface area contributed by atoms with Crippen molar-refractivity contribution >= 4 is 11.8 Å². The number of primary amides is 2. The minimum atomic E-state index is -1.03. The van der Waals surface area contributed by atoms with Gasteiger partial charge in [-0.1, -0.05) is 31.5 Å². The first kappa shape index (κ1) is 14.2. The van der Waals surface area contributed by atoms with Gasteiger partial charge in [0.05, 0.1) is 0 Å². The Morgan fingerprint density at radius 1 is 1.06 bits per heavy atom. The first-order chi connectivity index (χ1) is 8.42. The fourth-order valence-electron chi connectivity index (χ4n) is 2.33. The SMILES string of the molecule is CCc1cc(C)cc(CC)c1C(C(N)=O)C(N)=O. The topological polar surface area (TPSA) is 86.2 Å². The van der Waals surface area contributed by atoms with E-state index in [1.165, 1.54) is 0 Å². The van der Waals surface area contributed by atoms with E-state index in [0.717, 1.165) is 29.5 Å². The van der Waals surface area contributed by atoms with Crippen LogP contribution in [0, 0.1) is 6.92 Å². The van der Waals surface area contributed by atoms with E-state index in [9.17, 15) is 9.59 Å². The maximum atomic E-state index is 11.5. The Balaban J connectivity index is 3.53. The van der Waals surface area contributed by atoms with Crippen molar-refractivity contribution in [3.8, 4) is 0 Å². The minimum absolute atomic E-state index is 0.684. The second-order valence-electron chi connectivity index (χ2n) is 4.44. The lowest BCUT2D eigenvalue weighted by molar-refractivity contribution is -0.128. The zero-order valence-electron chi connectivity index (χ0n) is 11.1. The molecule has 1 aromatic carbocycles. The van der Waals surface area contributed by atoms with Gasteiger partial charge in [-0.15, -0.1) is 0 Å². The molecule has 4 heteroatoms. The molecule has 0 radical (unpaired) electrons. The highest BCUT2D eigenvalue weighted by atomic mass is 16.2. The lowest BCUT2D eigenvalue weighted by atomic mass is 9.85. The van der Waals surface area contributed by atoms with E-state index in [4.69, 9.17) is 11.5 Å². The van der Waals surface area contributed by atoms with E-state index in [1.807, 2.05) is 32.9 Å². The molecule has 18 heavy (non-hydrogen) atoms. The van der Waals surface area contributed by atoms with Gasteiger partial charge in [-0.2, -0.15) is 0 Å². The molecule has 1 aromatic rings. The quantitative estimate of drug-likeness (QED) is 0.766. The van der Waals surface area contributed by atoms with E-state index in [-0.39, 0.29) is 0 Å². The highest BCUT2D eigenvalue weighted by Gasteiger charge is 2.28. The fraction of sp³-hybridized carbons (Fsp3) is 0.429. The molecule has 0 spiro atoms. The van der Waals surface area contributed by atoms with Gasteiger partial charge >= 0.3 is 0 Å². The van der Waals surface area contributed by atoms with Gasteiger partial charge in [0.1, 0.15) is 5.92 Å². The van der Waals surface area contributed by atoms with E-state index in [1.54, 1.807) is 0 Å². The lowest BCUT2D eigenvalue weighted by Gasteiger charge is -2.19. The molecular formula is C14H20N2O2. The molecule has 0 fully saturated rings. The molecule has 0 unspecified atom stereocenters. The summed E-state index contributed by atoms with van der Waals surface area (Å²) in [5.74, 6) is -2.40. The summed E-state index contributed by atoms with van der Waals surface area (Å²) in [7, 11) is 0. The smallest absolute Gasteiger partial charge is 0.234 e. The monoisotopic (exact) mass is 248 g/mol. The van der Waals surface area contributed by atoms with Crippen molar-refractivity contribution < 1.29 is 9.59 Å². The Morgan fingerprint density at radius 2 is 1.44 bits per heavy atom. The number of carbonyl (C=O) groups is 2. The van der Waals surface area contributed by atoms with Gasteiger partial charge in [-0.25, -0.2) is 0 Å². The third-order valence-electron chi connectivity index (χ3n) is 3.12. The highest BCUT2D eigenvalue weighted by molar-refractivity contribution is 6.05. The molecule has 0 saturated carbocycles. The van der Waals surface area contributed by atoms with Gasteiger partial charge in [-0.05, 0) is 36.5 Å². The third kappa shape index (κ3) is 2.70. The van der Waals surface area contributed by atoms with Gasteiger partial charge in [-0.3, -0.25) is 9.59 Å². The van der Waals surface area contributed by atoms with E-state index >= 15 is 0 Å². The second kappa shape index (κ2) is 5.67. The predicted octanol–water partition coefficient (Wildman–Crippen LogP) is 1.17. The van der Waals surface area contributed by atoms with Crippen LogP contribution in [0.3, 0.4) is 0 Å². The van der Waals surface area contributed by atoms with Gasteiger partial charge in [0.15, 0.2) is 0 Å². The van der Waals surface area contributed by atoms with Crippen LogP contribution in [0.2, 0.25) is 0 Å². The van der Waals surface area contributed by atoms with Crippen LogP contribution in [0.5, 0.6) is 0 Å². The van der Waals surface area contributed by atoms with Crippen LogP contribution in [-0.4, -0.2) is 11.8 Å². The Kier molecular flexibility index (Phi) is 4.48.